The van der Waals surface area contributed by atoms with Gasteiger partial charge in [0.2, 0.25) is 0 Å². The van der Waals surface area contributed by atoms with Gasteiger partial charge in [0.25, 0.3) is 11.8 Å². The number of halogens is 2. The van der Waals surface area contributed by atoms with E-state index in [4.69, 9.17) is 16.3 Å². The summed E-state index contributed by atoms with van der Waals surface area (Å²) < 4.78 is 22.9. The van der Waals surface area contributed by atoms with E-state index >= 15 is 4.39 Å². The van der Waals surface area contributed by atoms with Gasteiger partial charge in [-0.3, -0.25) is 14.9 Å². The van der Waals surface area contributed by atoms with Crippen molar-refractivity contribution in [2.45, 2.75) is 19.3 Å². The molecule has 36 heavy (non-hydrogen) atoms. The number of rotatable bonds is 6. The zero-order valence-corrected chi connectivity index (χ0v) is 20.6. The number of likely N-dealkylation sites (tertiary alicyclic amines) is 1. The molecule has 0 aliphatic carbocycles. The maximum Gasteiger partial charge on any atom is 0.259 e. The Balaban J connectivity index is 1.46. The fourth-order valence-corrected chi connectivity index (χ4v) is 5.76. The van der Waals surface area contributed by atoms with Crippen molar-refractivity contribution in [3.63, 3.8) is 0 Å². The molecule has 0 saturated carbocycles. The van der Waals surface area contributed by atoms with Gasteiger partial charge in [-0.15, -0.1) is 0 Å². The van der Waals surface area contributed by atoms with E-state index in [-0.39, 0.29) is 16.9 Å². The van der Waals surface area contributed by atoms with Crippen molar-refractivity contribution in [3.05, 3.63) is 64.4 Å². The van der Waals surface area contributed by atoms with Crippen LogP contribution in [0.15, 0.2) is 42.5 Å². The maximum atomic E-state index is 15.2. The molecule has 0 spiro atoms. The molecular weight excluding hydrogens is 481 g/mol. The standard InChI is InChI=1S/C28H25ClFN3O3/c1-32-21-15-23(36-12-6-11-33-9-4-5-10-33)20(30)13-18(21)24-22(32)14-17(16-7-2-3-8-19(16)29)25-26(24)28(35)31-27(25)34/h2-3,7-8,13-15H,4-6,9-12H2,1H3,(H,31,34,35). The van der Waals surface area contributed by atoms with Crippen LogP contribution >= 0.6 is 11.6 Å². The Bertz CT molecular complexity index is 1560. The molecule has 184 valence electrons. The number of aromatic nitrogens is 1. The van der Waals surface area contributed by atoms with Crippen LogP contribution in [0.25, 0.3) is 32.9 Å². The summed E-state index contributed by atoms with van der Waals surface area (Å²) in [5.41, 5.74) is 3.14. The van der Waals surface area contributed by atoms with Crippen molar-refractivity contribution >= 4 is 45.2 Å². The Hall–Kier alpha value is -3.42. The van der Waals surface area contributed by atoms with Crippen LogP contribution in [0.4, 0.5) is 4.39 Å². The lowest BCUT2D eigenvalue weighted by atomic mass is 9.93. The number of carbonyl (C=O) groups is 2. The SMILES string of the molecule is Cn1c2cc(OCCCN3CCCC3)c(F)cc2c2c3c(c(-c4ccccc4Cl)cc21)C(=O)NC3=O. The second-order valence-corrected chi connectivity index (χ2v) is 9.85. The minimum Gasteiger partial charge on any atom is -0.490 e. The average Bonchev–Trinajstić information content (AvgIpc) is 3.55. The first-order valence-corrected chi connectivity index (χ1v) is 12.6. The Labute approximate surface area is 212 Å². The number of nitrogens with one attached hydrogen (secondary N) is 1. The molecule has 2 aliphatic heterocycles. The van der Waals surface area contributed by atoms with E-state index in [1.165, 1.54) is 18.9 Å². The quantitative estimate of drug-likeness (QED) is 0.276. The number of fused-ring (bicyclic) bond motifs is 5. The summed E-state index contributed by atoms with van der Waals surface area (Å²) in [7, 11) is 1.86. The van der Waals surface area contributed by atoms with Crippen LogP contribution < -0.4 is 10.1 Å². The molecule has 3 aromatic carbocycles. The number of hydrogen-bond donors (Lipinski definition) is 1. The van der Waals surface area contributed by atoms with Crippen LogP contribution in [0, 0.1) is 5.82 Å². The molecule has 6 rings (SSSR count). The van der Waals surface area contributed by atoms with Gasteiger partial charge in [0.15, 0.2) is 11.6 Å². The lowest BCUT2D eigenvalue weighted by Gasteiger charge is -2.14. The normalized spacial score (nSPS) is 15.8. The molecule has 6 nitrogen and oxygen atoms in total. The number of nitrogens with zero attached hydrogens (tertiary/aromatic N) is 2. The van der Waals surface area contributed by atoms with Crippen molar-refractivity contribution in [1.29, 1.82) is 0 Å². The molecule has 0 radical (unpaired) electrons. The van der Waals surface area contributed by atoms with Crippen LogP contribution in [0.3, 0.4) is 0 Å². The summed E-state index contributed by atoms with van der Waals surface area (Å²) in [5.74, 6) is -1.30. The van der Waals surface area contributed by atoms with Gasteiger partial charge in [0.1, 0.15) is 0 Å². The first-order chi connectivity index (χ1) is 17.4. The van der Waals surface area contributed by atoms with E-state index in [1.807, 2.05) is 35.9 Å². The zero-order chi connectivity index (χ0) is 25.0. The summed E-state index contributed by atoms with van der Waals surface area (Å²) in [6.07, 6.45) is 3.29. The van der Waals surface area contributed by atoms with Crippen LogP contribution in [-0.4, -0.2) is 47.5 Å². The van der Waals surface area contributed by atoms with Crippen molar-refractivity contribution in [1.82, 2.24) is 14.8 Å². The molecule has 1 saturated heterocycles. The van der Waals surface area contributed by atoms with E-state index in [1.54, 1.807) is 12.1 Å². The minimum atomic E-state index is -0.496. The Morgan fingerprint density at radius 3 is 2.53 bits per heavy atom. The summed E-state index contributed by atoms with van der Waals surface area (Å²) in [6, 6.07) is 12.1. The highest BCUT2D eigenvalue weighted by Gasteiger charge is 2.35. The van der Waals surface area contributed by atoms with Gasteiger partial charge in [-0.05, 0) is 56.1 Å². The number of hydrogen-bond acceptors (Lipinski definition) is 4. The van der Waals surface area contributed by atoms with Gasteiger partial charge in [0.05, 0.1) is 28.8 Å². The molecule has 0 atom stereocenters. The lowest BCUT2D eigenvalue weighted by molar-refractivity contribution is 0.0880. The van der Waals surface area contributed by atoms with Crippen LogP contribution in [-0.2, 0) is 7.05 Å². The van der Waals surface area contributed by atoms with Gasteiger partial charge < -0.3 is 14.2 Å². The monoisotopic (exact) mass is 505 g/mol. The first-order valence-electron chi connectivity index (χ1n) is 12.2. The summed E-state index contributed by atoms with van der Waals surface area (Å²) >= 11 is 6.47. The third-order valence-corrected chi connectivity index (χ3v) is 7.60. The van der Waals surface area contributed by atoms with Crippen molar-refractivity contribution < 1.29 is 18.7 Å². The molecule has 8 heteroatoms. The van der Waals surface area contributed by atoms with E-state index in [9.17, 15) is 9.59 Å². The number of amides is 2. The van der Waals surface area contributed by atoms with E-state index < -0.39 is 17.6 Å². The predicted molar refractivity (Wildman–Crippen MR) is 138 cm³/mol. The second kappa shape index (κ2) is 8.91. The molecule has 0 bridgehead atoms. The largest absolute Gasteiger partial charge is 0.490 e. The van der Waals surface area contributed by atoms with Gasteiger partial charge in [-0.25, -0.2) is 4.39 Å². The molecule has 0 unspecified atom stereocenters. The third-order valence-electron chi connectivity index (χ3n) is 7.27. The highest BCUT2D eigenvalue weighted by atomic mass is 35.5. The van der Waals surface area contributed by atoms with Crippen molar-refractivity contribution in [2.75, 3.05) is 26.2 Å². The van der Waals surface area contributed by atoms with Gasteiger partial charge in [-0.1, -0.05) is 29.8 Å². The highest BCUT2D eigenvalue weighted by Crippen LogP contribution is 2.42. The number of carbonyl (C=O) groups excluding carboxylic acids is 2. The van der Waals surface area contributed by atoms with Crippen LogP contribution in [0.2, 0.25) is 5.02 Å². The van der Waals surface area contributed by atoms with E-state index in [0.29, 0.717) is 44.6 Å². The number of benzene rings is 3. The van der Waals surface area contributed by atoms with Crippen LogP contribution in [0.1, 0.15) is 40.0 Å². The smallest absolute Gasteiger partial charge is 0.259 e. The van der Waals surface area contributed by atoms with Crippen LogP contribution in [0.5, 0.6) is 5.75 Å². The Morgan fingerprint density at radius 2 is 1.75 bits per heavy atom. The van der Waals surface area contributed by atoms with Gasteiger partial charge in [0, 0.05) is 41.0 Å². The average molecular weight is 506 g/mol. The number of ether oxygens (including phenoxy) is 1. The third kappa shape index (κ3) is 3.65. The molecule has 4 aromatic rings. The Kier molecular flexibility index (Phi) is 5.69. The minimum absolute atomic E-state index is 0.179. The molecule has 3 heterocycles. The Morgan fingerprint density at radius 1 is 1.00 bits per heavy atom. The number of imide groups is 1. The van der Waals surface area contributed by atoms with Gasteiger partial charge >= 0.3 is 0 Å². The molecule has 2 amide bonds. The molecule has 1 N–H and O–H groups in total. The predicted octanol–water partition coefficient (Wildman–Crippen LogP) is 5.54. The topological polar surface area (TPSA) is 63.6 Å². The molecule has 1 fully saturated rings. The lowest BCUT2D eigenvalue weighted by Crippen LogP contribution is -2.22. The van der Waals surface area contributed by atoms with Crippen molar-refractivity contribution in [2.24, 2.45) is 7.05 Å². The van der Waals surface area contributed by atoms with Gasteiger partial charge in [-0.2, -0.15) is 0 Å². The molecule has 2 aliphatic rings. The summed E-state index contributed by atoms with van der Waals surface area (Å²) in [6.45, 7) is 3.60. The zero-order valence-electron chi connectivity index (χ0n) is 19.9. The number of aryl methyl sites for hydroxylation is 1. The first kappa shape index (κ1) is 23.0. The summed E-state index contributed by atoms with van der Waals surface area (Å²) in [4.78, 5) is 28.2. The second-order valence-electron chi connectivity index (χ2n) is 9.44. The highest BCUT2D eigenvalue weighted by molar-refractivity contribution is 6.36. The molecule has 1 aromatic heterocycles. The maximum absolute atomic E-state index is 15.2. The summed E-state index contributed by atoms with van der Waals surface area (Å²) in [5, 5.41) is 3.98. The van der Waals surface area contributed by atoms with E-state index in [0.717, 1.165) is 26.1 Å². The fourth-order valence-electron chi connectivity index (χ4n) is 5.53. The van der Waals surface area contributed by atoms with Crippen molar-refractivity contribution in [3.8, 4) is 16.9 Å². The fraction of sp³-hybridized carbons (Fsp3) is 0.286. The van der Waals surface area contributed by atoms with E-state index in [2.05, 4.69) is 10.2 Å². The molecular formula is C28H25ClFN3O3.